The zero-order valence-electron chi connectivity index (χ0n) is 29.8. The molecule has 1 unspecified atom stereocenters. The Morgan fingerprint density at radius 2 is 1.52 bits per heavy atom. The lowest BCUT2D eigenvalue weighted by molar-refractivity contribution is -0.159. The van der Waals surface area contributed by atoms with Gasteiger partial charge in [-0.05, 0) is 87.5 Å². The molecule has 3 atom stereocenters. The summed E-state index contributed by atoms with van der Waals surface area (Å²) in [5.41, 5.74) is 3.62. The highest BCUT2D eigenvalue weighted by molar-refractivity contribution is 5.94. The molecule has 270 valence electrons. The first-order valence-electron chi connectivity index (χ1n) is 17.8. The summed E-state index contributed by atoms with van der Waals surface area (Å²) in [5, 5.41) is 0. The van der Waals surface area contributed by atoms with Crippen LogP contribution in [0.5, 0.6) is 0 Å². The fourth-order valence-electron chi connectivity index (χ4n) is 7.76. The topological polar surface area (TPSA) is 93.2 Å². The number of carbonyl (C=O) groups is 4. The SMILES string of the molecule is CN(CC(=O)OC(C)(C)C)C(=O)[C@H](CC1CCC(F)(F)CC1)C1CC/C=C\C[C@H](N(C)C(=O)OCC2c3ccccc3-c3ccccc32)C1=O. The molecule has 1 saturated carbocycles. The molecule has 0 spiro atoms. The van der Waals surface area contributed by atoms with E-state index in [9.17, 15) is 28.0 Å². The molecule has 3 aliphatic rings. The molecule has 2 amide bonds. The van der Waals surface area contributed by atoms with Gasteiger partial charge in [0, 0.05) is 44.7 Å². The lowest BCUT2D eigenvalue weighted by atomic mass is 9.72. The summed E-state index contributed by atoms with van der Waals surface area (Å²) >= 11 is 0. The van der Waals surface area contributed by atoms with Gasteiger partial charge in [0.15, 0.2) is 5.78 Å². The summed E-state index contributed by atoms with van der Waals surface area (Å²) in [6.07, 6.45) is 4.54. The fourth-order valence-corrected chi connectivity index (χ4v) is 7.76. The lowest BCUT2D eigenvalue weighted by Crippen LogP contribution is -2.50. The molecule has 50 heavy (non-hydrogen) atoms. The number of carbonyl (C=O) groups excluding carboxylic acids is 4. The first-order chi connectivity index (χ1) is 23.6. The monoisotopic (exact) mass is 692 g/mol. The number of benzene rings is 2. The van der Waals surface area contributed by atoms with Crippen molar-refractivity contribution in [3.8, 4) is 11.1 Å². The Bertz CT molecular complexity index is 1540. The second-order valence-electron chi connectivity index (χ2n) is 15.1. The van der Waals surface area contributed by atoms with Gasteiger partial charge in [-0.1, -0.05) is 60.7 Å². The number of likely N-dealkylation sites (N-methyl/N-ethyl adjacent to an activating group) is 2. The van der Waals surface area contributed by atoms with Crippen LogP contribution >= 0.6 is 0 Å². The van der Waals surface area contributed by atoms with Crippen LogP contribution in [-0.2, 0) is 23.9 Å². The number of amides is 2. The van der Waals surface area contributed by atoms with E-state index < -0.39 is 47.4 Å². The van der Waals surface area contributed by atoms with E-state index in [1.807, 2.05) is 48.6 Å². The number of ether oxygens (including phenoxy) is 2. The number of nitrogens with zero attached hydrogens (tertiary/aromatic N) is 2. The van der Waals surface area contributed by atoms with Crippen LogP contribution in [0.25, 0.3) is 11.1 Å². The summed E-state index contributed by atoms with van der Waals surface area (Å²) < 4.78 is 39.5. The third kappa shape index (κ3) is 8.79. The average molecular weight is 693 g/mol. The molecule has 0 heterocycles. The average Bonchev–Trinajstić information content (AvgIpc) is 3.37. The highest BCUT2D eigenvalue weighted by atomic mass is 19.3. The minimum absolute atomic E-state index is 0.0975. The molecule has 0 radical (unpaired) electrons. The number of halogens is 2. The number of alkyl halides is 2. The maximum atomic E-state index is 14.5. The first-order valence-corrected chi connectivity index (χ1v) is 17.8. The Hall–Kier alpha value is -4.08. The Labute approximate surface area is 294 Å². The third-order valence-corrected chi connectivity index (χ3v) is 10.3. The zero-order chi connectivity index (χ0) is 36.2. The Balaban J connectivity index is 1.34. The maximum absolute atomic E-state index is 14.5. The number of hydrogen-bond donors (Lipinski definition) is 0. The van der Waals surface area contributed by atoms with E-state index in [-0.39, 0.29) is 69.3 Å². The van der Waals surface area contributed by atoms with Crippen molar-refractivity contribution in [2.45, 2.75) is 95.6 Å². The summed E-state index contributed by atoms with van der Waals surface area (Å²) in [6, 6.07) is 15.2. The number of fused-ring (bicyclic) bond motifs is 3. The molecule has 3 aliphatic carbocycles. The van der Waals surface area contributed by atoms with Gasteiger partial charge in [-0.3, -0.25) is 14.4 Å². The molecule has 2 aromatic rings. The van der Waals surface area contributed by atoms with Crippen molar-refractivity contribution < 1.29 is 37.4 Å². The standard InChI is InChI=1S/C40H50F2N2O6/c1-39(2,3)50-35(45)24-43(4)37(47)32(23-26-19-21-40(41,42)22-20-26)31-17-7-6-8-18-34(36(31)46)44(5)38(48)49-25-33-29-15-11-9-13-27(29)28-14-10-12-16-30(28)33/h6,8-16,26,31-34H,7,17-25H2,1-5H3/b8-6-/t31?,32-,34+/m1/s1. The van der Waals surface area contributed by atoms with Gasteiger partial charge in [-0.25, -0.2) is 13.6 Å². The van der Waals surface area contributed by atoms with Gasteiger partial charge in [-0.2, -0.15) is 0 Å². The fraction of sp³-hybridized carbons (Fsp3) is 0.550. The molecular weight excluding hydrogens is 642 g/mol. The molecular formula is C40H50F2N2O6. The van der Waals surface area contributed by atoms with E-state index in [2.05, 4.69) is 12.1 Å². The van der Waals surface area contributed by atoms with Crippen LogP contribution in [0.15, 0.2) is 60.7 Å². The van der Waals surface area contributed by atoms with E-state index in [0.717, 1.165) is 22.3 Å². The van der Waals surface area contributed by atoms with Gasteiger partial charge in [0.1, 0.15) is 18.8 Å². The molecule has 0 aromatic heterocycles. The smallest absolute Gasteiger partial charge is 0.410 e. The van der Waals surface area contributed by atoms with Crippen molar-refractivity contribution >= 4 is 23.8 Å². The lowest BCUT2D eigenvalue weighted by Gasteiger charge is -2.37. The normalized spacial score (nSPS) is 21.9. The predicted octanol–water partition coefficient (Wildman–Crippen LogP) is 7.79. The van der Waals surface area contributed by atoms with Crippen molar-refractivity contribution in [2.75, 3.05) is 27.2 Å². The summed E-state index contributed by atoms with van der Waals surface area (Å²) in [7, 11) is 3.05. The van der Waals surface area contributed by atoms with Crippen molar-refractivity contribution in [1.29, 1.82) is 0 Å². The molecule has 0 bridgehead atoms. The third-order valence-electron chi connectivity index (χ3n) is 10.3. The van der Waals surface area contributed by atoms with E-state index >= 15 is 0 Å². The van der Waals surface area contributed by atoms with Crippen molar-refractivity contribution in [3.63, 3.8) is 0 Å². The maximum Gasteiger partial charge on any atom is 0.410 e. The van der Waals surface area contributed by atoms with Crippen molar-refractivity contribution in [3.05, 3.63) is 71.8 Å². The summed E-state index contributed by atoms with van der Waals surface area (Å²) in [6.45, 7) is 5.01. The number of hydrogen-bond acceptors (Lipinski definition) is 6. The van der Waals surface area contributed by atoms with Crippen LogP contribution in [0.3, 0.4) is 0 Å². The van der Waals surface area contributed by atoms with Crippen LogP contribution in [0.2, 0.25) is 0 Å². The van der Waals surface area contributed by atoms with E-state index in [1.54, 1.807) is 27.8 Å². The van der Waals surface area contributed by atoms with Gasteiger partial charge >= 0.3 is 12.1 Å². The number of ketones is 1. The highest BCUT2D eigenvalue weighted by Gasteiger charge is 2.44. The van der Waals surface area contributed by atoms with Crippen molar-refractivity contribution in [1.82, 2.24) is 9.80 Å². The second kappa shape index (κ2) is 15.4. The summed E-state index contributed by atoms with van der Waals surface area (Å²) in [4.78, 5) is 57.5. The molecule has 8 nitrogen and oxygen atoms in total. The molecule has 2 aromatic carbocycles. The van der Waals surface area contributed by atoms with Gasteiger partial charge in [-0.15, -0.1) is 0 Å². The predicted molar refractivity (Wildman–Crippen MR) is 187 cm³/mol. The molecule has 5 rings (SSSR count). The van der Waals surface area contributed by atoms with Crippen LogP contribution in [0.1, 0.15) is 89.2 Å². The highest BCUT2D eigenvalue weighted by Crippen LogP contribution is 2.45. The van der Waals surface area contributed by atoms with Crippen LogP contribution in [0, 0.1) is 17.8 Å². The van der Waals surface area contributed by atoms with Gasteiger partial charge in [0.2, 0.25) is 11.8 Å². The Morgan fingerprint density at radius 1 is 0.920 bits per heavy atom. The van der Waals surface area contributed by atoms with Gasteiger partial charge in [0.05, 0.1) is 6.04 Å². The van der Waals surface area contributed by atoms with E-state index in [1.165, 1.54) is 16.8 Å². The number of Topliss-reactive ketones (excluding diaryl/α,β-unsaturated/α-hetero) is 1. The quantitative estimate of drug-likeness (QED) is 0.197. The van der Waals surface area contributed by atoms with Crippen molar-refractivity contribution in [2.24, 2.45) is 17.8 Å². The Kier molecular flexibility index (Phi) is 11.5. The van der Waals surface area contributed by atoms with Crippen LogP contribution in [0.4, 0.5) is 13.6 Å². The summed E-state index contributed by atoms with van der Waals surface area (Å²) in [5.74, 6) is -5.95. The molecule has 0 saturated heterocycles. The van der Waals surface area contributed by atoms with Crippen LogP contribution < -0.4 is 0 Å². The largest absolute Gasteiger partial charge is 0.459 e. The van der Waals surface area contributed by atoms with Gasteiger partial charge < -0.3 is 19.3 Å². The first kappa shape index (κ1) is 37.2. The molecule has 10 heteroatoms. The number of esters is 1. The molecule has 0 aliphatic heterocycles. The van der Waals surface area contributed by atoms with E-state index in [0.29, 0.717) is 12.8 Å². The zero-order valence-corrected chi connectivity index (χ0v) is 29.8. The van der Waals surface area contributed by atoms with Gasteiger partial charge in [0.25, 0.3) is 0 Å². The van der Waals surface area contributed by atoms with E-state index in [4.69, 9.17) is 9.47 Å². The van der Waals surface area contributed by atoms with Crippen LogP contribution in [-0.4, -0.2) is 78.4 Å². The number of allylic oxidation sites excluding steroid dienone is 1. The second-order valence-corrected chi connectivity index (χ2v) is 15.1. The minimum Gasteiger partial charge on any atom is -0.459 e. The molecule has 0 N–H and O–H groups in total. The Morgan fingerprint density at radius 3 is 2.12 bits per heavy atom. The number of rotatable bonds is 9. The molecule has 1 fully saturated rings. The minimum atomic E-state index is -2.73.